The van der Waals surface area contributed by atoms with Gasteiger partial charge in [-0.15, -0.1) is 11.8 Å². The molecular formula is C14H21N3O3S. The summed E-state index contributed by atoms with van der Waals surface area (Å²) in [4.78, 5) is 5.40. The highest BCUT2D eigenvalue weighted by atomic mass is 32.2. The molecule has 21 heavy (non-hydrogen) atoms. The first kappa shape index (κ1) is 14.7. The summed E-state index contributed by atoms with van der Waals surface area (Å²) in [6.07, 6.45) is 0.999. The Hall–Kier alpha value is -1.21. The van der Waals surface area contributed by atoms with E-state index in [0.29, 0.717) is 13.2 Å². The highest BCUT2D eigenvalue weighted by Gasteiger charge is 2.30. The average Bonchev–Trinajstić information content (AvgIpc) is 2.82. The second-order valence-corrected chi connectivity index (χ2v) is 7.12. The normalized spacial score (nSPS) is 20.9. The Labute approximate surface area is 128 Å². The quantitative estimate of drug-likeness (QED) is 0.853. The Morgan fingerprint density at radius 3 is 2.76 bits per heavy atom. The fourth-order valence-corrected chi connectivity index (χ4v) is 3.45. The van der Waals surface area contributed by atoms with Gasteiger partial charge in [-0.05, 0) is 20.8 Å². The van der Waals surface area contributed by atoms with Gasteiger partial charge in [0, 0.05) is 24.8 Å². The Bertz CT molecular complexity index is 564. The van der Waals surface area contributed by atoms with Crippen molar-refractivity contribution in [3.8, 4) is 5.88 Å². The molecule has 1 aromatic heterocycles. The number of hydrogen-bond donors (Lipinski definition) is 0. The van der Waals surface area contributed by atoms with Gasteiger partial charge in [0.25, 0.3) is 0 Å². The number of nitrogens with zero attached hydrogens (tertiary/aromatic N) is 3. The van der Waals surface area contributed by atoms with E-state index in [1.165, 1.54) is 0 Å². The molecule has 2 aliphatic rings. The molecule has 3 rings (SSSR count). The molecule has 0 atom stereocenters. The molecule has 0 bridgehead atoms. The smallest absolute Gasteiger partial charge is 0.216 e. The topological polar surface area (TPSA) is 57.9 Å². The van der Waals surface area contributed by atoms with Crippen molar-refractivity contribution in [2.75, 3.05) is 13.2 Å². The molecule has 0 N–H and O–H groups in total. The summed E-state index contributed by atoms with van der Waals surface area (Å²) in [5.41, 5.74) is 1.94. The number of aromatic nitrogens is 2. The van der Waals surface area contributed by atoms with Crippen molar-refractivity contribution in [1.82, 2.24) is 9.78 Å². The van der Waals surface area contributed by atoms with E-state index in [9.17, 15) is 0 Å². The van der Waals surface area contributed by atoms with Gasteiger partial charge < -0.3 is 14.3 Å². The van der Waals surface area contributed by atoms with E-state index in [1.807, 2.05) is 27.8 Å². The number of oxime groups is 1. The van der Waals surface area contributed by atoms with Crippen molar-refractivity contribution in [3.05, 3.63) is 11.3 Å². The SMILES string of the molecule is Cc1nn(C)c(OC2COC2)c1CSC1=NOC(C)(C)C1. The summed E-state index contributed by atoms with van der Waals surface area (Å²) in [7, 11) is 1.91. The fourth-order valence-electron chi connectivity index (χ4n) is 2.27. The molecule has 1 fully saturated rings. The minimum absolute atomic E-state index is 0.148. The highest BCUT2D eigenvalue weighted by Crippen LogP contribution is 2.33. The molecule has 116 valence electrons. The van der Waals surface area contributed by atoms with Gasteiger partial charge in [0.2, 0.25) is 5.88 Å². The second-order valence-electron chi connectivity index (χ2n) is 6.07. The van der Waals surface area contributed by atoms with Crippen LogP contribution in [0.25, 0.3) is 0 Å². The summed E-state index contributed by atoms with van der Waals surface area (Å²) in [5, 5.41) is 9.64. The van der Waals surface area contributed by atoms with Crippen molar-refractivity contribution < 1.29 is 14.3 Å². The molecule has 0 unspecified atom stereocenters. The van der Waals surface area contributed by atoms with Gasteiger partial charge in [-0.2, -0.15) is 5.10 Å². The summed E-state index contributed by atoms with van der Waals surface area (Å²) in [6, 6.07) is 0. The Morgan fingerprint density at radius 2 is 2.19 bits per heavy atom. The lowest BCUT2D eigenvalue weighted by molar-refractivity contribution is -0.0828. The minimum Gasteiger partial charge on any atom is -0.469 e. The first-order chi connectivity index (χ1) is 9.94. The maximum atomic E-state index is 5.98. The summed E-state index contributed by atoms with van der Waals surface area (Å²) in [5.74, 6) is 1.63. The lowest BCUT2D eigenvalue weighted by Gasteiger charge is -2.27. The van der Waals surface area contributed by atoms with Crippen LogP contribution in [-0.2, 0) is 22.4 Å². The van der Waals surface area contributed by atoms with Crippen molar-refractivity contribution in [2.45, 2.75) is 44.6 Å². The fraction of sp³-hybridized carbons (Fsp3) is 0.714. The van der Waals surface area contributed by atoms with E-state index >= 15 is 0 Å². The molecule has 1 aromatic rings. The molecule has 7 heteroatoms. The number of aryl methyl sites for hydroxylation is 2. The molecule has 0 aliphatic carbocycles. The minimum atomic E-state index is -0.186. The third-order valence-electron chi connectivity index (χ3n) is 3.53. The second kappa shape index (κ2) is 5.53. The van der Waals surface area contributed by atoms with Gasteiger partial charge in [0.15, 0.2) is 0 Å². The summed E-state index contributed by atoms with van der Waals surface area (Å²) < 4.78 is 12.9. The molecule has 0 spiro atoms. The van der Waals surface area contributed by atoms with E-state index in [1.54, 1.807) is 16.4 Å². The van der Waals surface area contributed by atoms with Gasteiger partial charge >= 0.3 is 0 Å². The molecule has 1 saturated heterocycles. The predicted octanol–water partition coefficient (Wildman–Crippen LogP) is 2.25. The van der Waals surface area contributed by atoms with Crippen molar-refractivity contribution >= 4 is 16.8 Å². The summed E-state index contributed by atoms with van der Waals surface area (Å²) >= 11 is 1.69. The molecule has 2 aliphatic heterocycles. The highest BCUT2D eigenvalue weighted by molar-refractivity contribution is 8.13. The van der Waals surface area contributed by atoms with Crippen LogP contribution in [0.3, 0.4) is 0 Å². The first-order valence-electron chi connectivity index (χ1n) is 7.09. The van der Waals surface area contributed by atoms with Crippen molar-refractivity contribution in [3.63, 3.8) is 0 Å². The predicted molar refractivity (Wildman–Crippen MR) is 81.7 cm³/mol. The zero-order chi connectivity index (χ0) is 15.0. The van der Waals surface area contributed by atoms with Gasteiger partial charge in [0.1, 0.15) is 16.7 Å². The molecular weight excluding hydrogens is 290 g/mol. The summed E-state index contributed by atoms with van der Waals surface area (Å²) in [6.45, 7) is 7.42. The first-order valence-corrected chi connectivity index (χ1v) is 8.08. The van der Waals surface area contributed by atoms with E-state index < -0.39 is 0 Å². The average molecular weight is 311 g/mol. The third kappa shape index (κ3) is 3.18. The Balaban J connectivity index is 1.67. The van der Waals surface area contributed by atoms with Crippen LogP contribution in [-0.4, -0.2) is 39.7 Å². The Morgan fingerprint density at radius 1 is 1.43 bits per heavy atom. The van der Waals surface area contributed by atoms with Crippen LogP contribution < -0.4 is 4.74 Å². The number of rotatable bonds is 4. The molecule has 0 amide bonds. The maximum Gasteiger partial charge on any atom is 0.216 e. The van der Waals surface area contributed by atoms with Crippen LogP contribution in [0.4, 0.5) is 0 Å². The van der Waals surface area contributed by atoms with Crippen LogP contribution in [0.1, 0.15) is 31.5 Å². The molecule has 0 aromatic carbocycles. The van der Waals surface area contributed by atoms with Crippen molar-refractivity contribution in [2.24, 2.45) is 12.2 Å². The lowest BCUT2D eigenvalue weighted by atomic mass is 10.1. The van der Waals surface area contributed by atoms with Gasteiger partial charge in [-0.1, -0.05) is 5.16 Å². The number of hydrogen-bond acceptors (Lipinski definition) is 6. The Kier molecular flexibility index (Phi) is 3.88. The molecule has 3 heterocycles. The standard InChI is InChI=1S/C14H21N3O3S/c1-9-11(8-21-12-5-14(2,3)20-16-12)13(17(4)15-9)19-10-6-18-7-10/h10H,5-8H2,1-4H3. The van der Waals surface area contributed by atoms with E-state index in [4.69, 9.17) is 14.3 Å². The number of thioether (sulfide) groups is 1. The van der Waals surface area contributed by atoms with Crippen molar-refractivity contribution in [1.29, 1.82) is 0 Å². The monoisotopic (exact) mass is 311 g/mol. The van der Waals surface area contributed by atoms with Gasteiger partial charge in [-0.3, -0.25) is 0 Å². The molecule has 6 nitrogen and oxygen atoms in total. The van der Waals surface area contributed by atoms with Crippen LogP contribution in [0.2, 0.25) is 0 Å². The maximum absolute atomic E-state index is 5.98. The van der Waals surface area contributed by atoms with Crippen LogP contribution in [0, 0.1) is 6.92 Å². The van der Waals surface area contributed by atoms with Gasteiger partial charge in [-0.25, -0.2) is 4.68 Å². The van der Waals surface area contributed by atoms with Crippen LogP contribution in [0.5, 0.6) is 5.88 Å². The van der Waals surface area contributed by atoms with E-state index in [0.717, 1.165) is 34.4 Å². The van der Waals surface area contributed by atoms with Crippen LogP contribution >= 0.6 is 11.8 Å². The van der Waals surface area contributed by atoms with Gasteiger partial charge in [0.05, 0.1) is 18.9 Å². The molecule has 0 saturated carbocycles. The number of ether oxygens (including phenoxy) is 2. The zero-order valence-corrected chi connectivity index (χ0v) is 13.7. The van der Waals surface area contributed by atoms with Crippen LogP contribution in [0.15, 0.2) is 5.16 Å². The lowest BCUT2D eigenvalue weighted by Crippen LogP contribution is -2.39. The van der Waals surface area contributed by atoms with E-state index in [2.05, 4.69) is 10.3 Å². The van der Waals surface area contributed by atoms with E-state index in [-0.39, 0.29) is 11.7 Å². The third-order valence-corrected chi connectivity index (χ3v) is 4.51. The molecule has 0 radical (unpaired) electrons. The largest absolute Gasteiger partial charge is 0.469 e. The zero-order valence-electron chi connectivity index (χ0n) is 12.9.